The molecule has 5 heteroatoms. The van der Waals surface area contributed by atoms with Gasteiger partial charge in [0.15, 0.2) is 17.6 Å². The van der Waals surface area contributed by atoms with Crippen LogP contribution in [-0.2, 0) is 4.79 Å². The van der Waals surface area contributed by atoms with Gasteiger partial charge in [-0.1, -0.05) is 12.8 Å². The van der Waals surface area contributed by atoms with E-state index in [2.05, 4.69) is 0 Å². The van der Waals surface area contributed by atoms with Crippen molar-refractivity contribution >= 4 is 11.6 Å². The highest BCUT2D eigenvalue weighted by molar-refractivity contribution is 5.81. The second kappa shape index (κ2) is 7.20. The number of hydrogen-bond acceptors (Lipinski definition) is 4. The monoisotopic (exact) mass is 292 g/mol. The molecule has 1 amide bonds. The number of carbonyl (C=O) groups is 1. The Morgan fingerprint density at radius 2 is 1.86 bits per heavy atom. The standard InChI is InChI=1S/C16H24N2O3/c1-12(16(19)18-9-5-3-4-6-10-18)21-14-8-7-13(17)11-15(14)20-2/h7-8,11-12H,3-6,9-10,17H2,1-2H3. The normalized spacial score (nSPS) is 17.0. The summed E-state index contributed by atoms with van der Waals surface area (Å²) < 4.78 is 11.0. The van der Waals surface area contributed by atoms with Gasteiger partial charge in [0.2, 0.25) is 0 Å². The van der Waals surface area contributed by atoms with Crippen LogP contribution in [0.4, 0.5) is 5.69 Å². The summed E-state index contributed by atoms with van der Waals surface area (Å²) in [5.41, 5.74) is 6.32. The third-order valence-corrected chi connectivity index (χ3v) is 3.76. The molecule has 1 aliphatic rings. The quantitative estimate of drug-likeness (QED) is 0.866. The molecule has 0 bridgehead atoms. The van der Waals surface area contributed by atoms with Crippen molar-refractivity contribution < 1.29 is 14.3 Å². The van der Waals surface area contributed by atoms with E-state index in [1.807, 2.05) is 4.90 Å². The minimum atomic E-state index is -0.527. The van der Waals surface area contributed by atoms with Crippen molar-refractivity contribution in [1.29, 1.82) is 0 Å². The van der Waals surface area contributed by atoms with Crippen molar-refractivity contribution in [2.75, 3.05) is 25.9 Å². The van der Waals surface area contributed by atoms with Crippen LogP contribution in [0.1, 0.15) is 32.6 Å². The summed E-state index contributed by atoms with van der Waals surface area (Å²) in [6.45, 7) is 3.43. The zero-order chi connectivity index (χ0) is 15.2. The molecular formula is C16H24N2O3. The predicted molar refractivity (Wildman–Crippen MR) is 82.5 cm³/mol. The molecule has 1 aromatic carbocycles. The average molecular weight is 292 g/mol. The van der Waals surface area contributed by atoms with E-state index in [-0.39, 0.29) is 5.91 Å². The molecule has 1 atom stereocenters. The van der Waals surface area contributed by atoms with Crippen LogP contribution >= 0.6 is 0 Å². The van der Waals surface area contributed by atoms with Crippen LogP contribution in [0.3, 0.4) is 0 Å². The number of likely N-dealkylation sites (tertiary alicyclic amines) is 1. The zero-order valence-electron chi connectivity index (χ0n) is 12.8. The van der Waals surface area contributed by atoms with Crippen molar-refractivity contribution in [1.82, 2.24) is 4.90 Å². The predicted octanol–water partition coefficient (Wildman–Crippen LogP) is 2.45. The Kier molecular flexibility index (Phi) is 5.31. The molecule has 0 aliphatic carbocycles. The van der Waals surface area contributed by atoms with Crippen LogP contribution in [0.15, 0.2) is 18.2 Å². The number of carbonyl (C=O) groups excluding carboxylic acids is 1. The van der Waals surface area contributed by atoms with Crippen molar-refractivity contribution in [3.05, 3.63) is 18.2 Å². The van der Waals surface area contributed by atoms with Crippen LogP contribution < -0.4 is 15.2 Å². The highest BCUT2D eigenvalue weighted by Gasteiger charge is 2.23. The fourth-order valence-electron chi connectivity index (χ4n) is 2.57. The van der Waals surface area contributed by atoms with Crippen LogP contribution in [-0.4, -0.2) is 37.1 Å². The molecule has 1 unspecified atom stereocenters. The van der Waals surface area contributed by atoms with Crippen LogP contribution in [0.25, 0.3) is 0 Å². The maximum atomic E-state index is 12.5. The number of methoxy groups -OCH3 is 1. The highest BCUT2D eigenvalue weighted by Crippen LogP contribution is 2.30. The van der Waals surface area contributed by atoms with Gasteiger partial charge in [0, 0.05) is 24.8 Å². The van der Waals surface area contributed by atoms with Gasteiger partial charge in [-0.05, 0) is 31.9 Å². The molecule has 0 aromatic heterocycles. The Morgan fingerprint density at radius 1 is 1.19 bits per heavy atom. The summed E-state index contributed by atoms with van der Waals surface area (Å²) in [5.74, 6) is 1.13. The zero-order valence-corrected chi connectivity index (χ0v) is 12.8. The molecule has 1 heterocycles. The van der Waals surface area contributed by atoms with Crippen molar-refractivity contribution in [3.63, 3.8) is 0 Å². The molecule has 2 rings (SSSR count). The number of hydrogen-bond donors (Lipinski definition) is 1. The Bertz CT molecular complexity index is 482. The van der Waals surface area contributed by atoms with Gasteiger partial charge >= 0.3 is 0 Å². The first kappa shape index (κ1) is 15.5. The molecule has 0 saturated carbocycles. The molecule has 1 aliphatic heterocycles. The number of nitrogens with zero attached hydrogens (tertiary/aromatic N) is 1. The molecule has 2 N–H and O–H groups in total. The maximum Gasteiger partial charge on any atom is 0.263 e. The van der Waals surface area contributed by atoms with Gasteiger partial charge < -0.3 is 20.1 Å². The summed E-state index contributed by atoms with van der Waals surface area (Å²) in [6, 6.07) is 5.17. The lowest BCUT2D eigenvalue weighted by Gasteiger charge is -2.25. The SMILES string of the molecule is COc1cc(N)ccc1OC(C)C(=O)N1CCCCCC1. The summed E-state index contributed by atoms with van der Waals surface area (Å²) in [7, 11) is 1.56. The minimum absolute atomic E-state index is 0.0378. The van der Waals surface area contributed by atoms with Gasteiger partial charge in [-0.25, -0.2) is 0 Å². The van der Waals surface area contributed by atoms with E-state index >= 15 is 0 Å². The average Bonchev–Trinajstić information content (AvgIpc) is 2.77. The fourth-order valence-corrected chi connectivity index (χ4v) is 2.57. The van der Waals surface area contributed by atoms with Crippen molar-refractivity contribution in [3.8, 4) is 11.5 Å². The van der Waals surface area contributed by atoms with E-state index in [0.29, 0.717) is 17.2 Å². The number of nitrogen functional groups attached to an aromatic ring is 1. The first-order chi connectivity index (χ1) is 10.1. The second-order valence-corrected chi connectivity index (χ2v) is 5.41. The molecule has 0 spiro atoms. The largest absolute Gasteiger partial charge is 0.493 e. The lowest BCUT2D eigenvalue weighted by molar-refractivity contribution is -0.137. The fraction of sp³-hybridized carbons (Fsp3) is 0.562. The van der Waals surface area contributed by atoms with E-state index in [1.165, 1.54) is 12.8 Å². The topological polar surface area (TPSA) is 64.8 Å². The van der Waals surface area contributed by atoms with Crippen LogP contribution in [0.5, 0.6) is 11.5 Å². The Morgan fingerprint density at radius 3 is 2.48 bits per heavy atom. The Balaban J connectivity index is 2.03. The lowest BCUT2D eigenvalue weighted by atomic mass is 10.2. The molecule has 5 nitrogen and oxygen atoms in total. The third-order valence-electron chi connectivity index (χ3n) is 3.76. The van der Waals surface area contributed by atoms with Crippen LogP contribution in [0, 0.1) is 0 Å². The number of benzene rings is 1. The molecule has 1 saturated heterocycles. The van der Waals surface area contributed by atoms with Crippen molar-refractivity contribution in [2.45, 2.75) is 38.7 Å². The minimum Gasteiger partial charge on any atom is -0.493 e. The van der Waals surface area contributed by atoms with Gasteiger partial charge in [-0.2, -0.15) is 0 Å². The van der Waals surface area contributed by atoms with Gasteiger partial charge in [0.05, 0.1) is 7.11 Å². The Hall–Kier alpha value is -1.91. The summed E-state index contributed by atoms with van der Waals surface area (Å²) in [6.07, 6.45) is 4.02. The second-order valence-electron chi connectivity index (χ2n) is 5.41. The van der Waals surface area contributed by atoms with Crippen LogP contribution in [0.2, 0.25) is 0 Å². The summed E-state index contributed by atoms with van der Waals surface area (Å²) in [4.78, 5) is 14.4. The van der Waals surface area contributed by atoms with E-state index in [4.69, 9.17) is 15.2 Å². The first-order valence-electron chi connectivity index (χ1n) is 7.51. The maximum absolute atomic E-state index is 12.5. The van der Waals surface area contributed by atoms with E-state index in [0.717, 1.165) is 25.9 Å². The number of ether oxygens (including phenoxy) is 2. The number of anilines is 1. The van der Waals surface area contributed by atoms with Gasteiger partial charge in [0.1, 0.15) is 0 Å². The van der Waals surface area contributed by atoms with Gasteiger partial charge in [-0.15, -0.1) is 0 Å². The third kappa shape index (κ3) is 4.03. The molecular weight excluding hydrogens is 268 g/mol. The van der Waals surface area contributed by atoms with Gasteiger partial charge in [-0.3, -0.25) is 4.79 Å². The first-order valence-corrected chi connectivity index (χ1v) is 7.51. The van der Waals surface area contributed by atoms with Gasteiger partial charge in [0.25, 0.3) is 5.91 Å². The molecule has 21 heavy (non-hydrogen) atoms. The van der Waals surface area contributed by atoms with Crippen molar-refractivity contribution in [2.24, 2.45) is 0 Å². The number of rotatable bonds is 4. The number of nitrogens with two attached hydrogens (primary N) is 1. The van der Waals surface area contributed by atoms with E-state index < -0.39 is 6.10 Å². The number of amides is 1. The molecule has 116 valence electrons. The Labute approximate surface area is 126 Å². The van der Waals surface area contributed by atoms with E-state index in [9.17, 15) is 4.79 Å². The molecule has 1 aromatic rings. The molecule has 0 radical (unpaired) electrons. The summed E-state index contributed by atoms with van der Waals surface area (Å²) in [5, 5.41) is 0. The van der Waals surface area contributed by atoms with E-state index in [1.54, 1.807) is 32.2 Å². The molecule has 1 fully saturated rings. The highest BCUT2D eigenvalue weighted by atomic mass is 16.5. The summed E-state index contributed by atoms with van der Waals surface area (Å²) >= 11 is 0. The smallest absolute Gasteiger partial charge is 0.263 e. The lowest BCUT2D eigenvalue weighted by Crippen LogP contribution is -2.41.